The van der Waals surface area contributed by atoms with Crippen LogP contribution in [0.5, 0.6) is 0 Å². The van der Waals surface area contributed by atoms with Crippen molar-refractivity contribution in [3.8, 4) is 0 Å². The molecule has 1 nitrogen and oxygen atoms in total. The second-order valence-corrected chi connectivity index (χ2v) is 4.60. The first-order valence-corrected chi connectivity index (χ1v) is 5.70. The molecule has 0 N–H and O–H groups in total. The normalized spacial score (nSPS) is 15.9. The van der Waals surface area contributed by atoms with Gasteiger partial charge in [0.05, 0.1) is 0 Å². The summed E-state index contributed by atoms with van der Waals surface area (Å²) in [6, 6.07) is 0. The van der Waals surface area contributed by atoms with Crippen molar-refractivity contribution in [3.05, 3.63) is 0 Å². The van der Waals surface area contributed by atoms with Crippen LogP contribution in [0.3, 0.4) is 0 Å². The van der Waals surface area contributed by atoms with Gasteiger partial charge in [0.15, 0.2) is 11.3 Å². The lowest BCUT2D eigenvalue weighted by atomic mass is 10.1. The smallest absolute Gasteiger partial charge is 0.288 e. The molecule has 0 aromatic carbocycles. The Morgan fingerprint density at radius 1 is 1.31 bits per heavy atom. The van der Waals surface area contributed by atoms with Crippen LogP contribution in [-0.2, 0) is 4.79 Å². The summed E-state index contributed by atoms with van der Waals surface area (Å²) >= 11 is 0.976. The highest BCUT2D eigenvalue weighted by Gasteiger charge is 2.41. The van der Waals surface area contributed by atoms with E-state index in [2.05, 4.69) is 0 Å². The Hall–Kier alpha value is -0.330. The van der Waals surface area contributed by atoms with Crippen molar-refractivity contribution in [2.24, 2.45) is 0 Å². The molecule has 0 aliphatic carbocycles. The highest BCUT2D eigenvalue weighted by Crippen LogP contribution is 2.28. The summed E-state index contributed by atoms with van der Waals surface area (Å²) in [5.74, 6) is 0.346. The molecule has 0 bridgehead atoms. The first-order valence-electron chi connectivity index (χ1n) is 4.71. The van der Waals surface area contributed by atoms with Gasteiger partial charge in [-0.25, -0.2) is 8.78 Å². The fourth-order valence-electron chi connectivity index (χ4n) is 0.997. The van der Waals surface area contributed by atoms with Crippen molar-refractivity contribution in [2.75, 3.05) is 5.75 Å². The molecular weight excluding hydrogens is 251 g/mol. The third kappa shape index (κ3) is 7.90. The maximum absolute atomic E-state index is 12.9. The van der Waals surface area contributed by atoms with Gasteiger partial charge < -0.3 is 0 Å². The van der Waals surface area contributed by atoms with Gasteiger partial charge in [-0.1, -0.05) is 11.8 Å². The van der Waals surface area contributed by atoms with Gasteiger partial charge in [-0.2, -0.15) is 13.2 Å². The molecule has 7 heteroatoms. The summed E-state index contributed by atoms with van der Waals surface area (Å²) in [5.41, 5.74) is 0. The molecule has 0 radical (unpaired) electrons. The number of thioether (sulfide) groups is 1. The second-order valence-electron chi connectivity index (χ2n) is 3.32. The topological polar surface area (TPSA) is 17.1 Å². The number of halogens is 5. The molecule has 0 aliphatic rings. The summed E-state index contributed by atoms with van der Waals surface area (Å²) in [6.07, 6.45) is -11.0. The summed E-state index contributed by atoms with van der Waals surface area (Å²) in [4.78, 5) is 10.5. The minimum Gasteiger partial charge on any atom is -0.288 e. The highest BCUT2D eigenvalue weighted by atomic mass is 32.2. The van der Waals surface area contributed by atoms with E-state index in [0.717, 1.165) is 11.8 Å². The predicted octanol–water partition coefficient (Wildman–Crippen LogP) is 3.67. The Balaban J connectivity index is 3.66. The van der Waals surface area contributed by atoms with Gasteiger partial charge in [-0.15, -0.1) is 0 Å². The van der Waals surface area contributed by atoms with Crippen LogP contribution >= 0.6 is 11.8 Å². The van der Waals surface area contributed by atoms with Crippen molar-refractivity contribution >= 4 is 16.9 Å². The van der Waals surface area contributed by atoms with E-state index >= 15 is 0 Å². The van der Waals surface area contributed by atoms with Gasteiger partial charge in [0.1, 0.15) is 6.17 Å². The Morgan fingerprint density at radius 3 is 2.31 bits per heavy atom. The zero-order chi connectivity index (χ0) is 12.8. The van der Waals surface area contributed by atoms with Crippen molar-refractivity contribution in [3.63, 3.8) is 0 Å². The van der Waals surface area contributed by atoms with Crippen LogP contribution in [0.4, 0.5) is 22.0 Å². The monoisotopic (exact) mass is 264 g/mol. The Kier molecular flexibility index (Phi) is 6.94. The lowest BCUT2D eigenvalue weighted by Gasteiger charge is -2.14. The van der Waals surface area contributed by atoms with Crippen LogP contribution in [0.15, 0.2) is 0 Å². The van der Waals surface area contributed by atoms with E-state index in [1.165, 1.54) is 6.92 Å². The number of rotatable bonds is 6. The van der Waals surface area contributed by atoms with E-state index in [1.807, 2.05) is 0 Å². The minimum atomic E-state index is -4.99. The molecule has 0 saturated heterocycles. The van der Waals surface area contributed by atoms with Crippen molar-refractivity contribution < 1.29 is 26.7 Å². The van der Waals surface area contributed by atoms with E-state index in [9.17, 15) is 26.7 Å². The standard InChI is InChI=1S/C9H13F5OS/c1-6(15)16-4-2-3-7(10)5-8(11)9(12,13)14/h7-8H,2-5H2,1H3. The molecule has 0 aliphatic heterocycles. The first-order chi connectivity index (χ1) is 7.23. The van der Waals surface area contributed by atoms with E-state index in [0.29, 0.717) is 5.75 Å². The third-order valence-corrected chi connectivity index (χ3v) is 2.68. The lowest BCUT2D eigenvalue weighted by molar-refractivity contribution is -0.185. The molecule has 2 atom stereocenters. The van der Waals surface area contributed by atoms with E-state index in [-0.39, 0.29) is 18.0 Å². The molecule has 0 aromatic rings. The molecule has 0 aromatic heterocycles. The van der Waals surface area contributed by atoms with Gasteiger partial charge in [-0.3, -0.25) is 4.79 Å². The number of hydrogen-bond donors (Lipinski definition) is 0. The molecule has 0 rings (SSSR count). The maximum atomic E-state index is 12.9. The van der Waals surface area contributed by atoms with E-state index in [4.69, 9.17) is 0 Å². The fourth-order valence-corrected chi connectivity index (χ4v) is 1.60. The molecule has 0 fully saturated rings. The van der Waals surface area contributed by atoms with Crippen LogP contribution in [0.1, 0.15) is 26.2 Å². The number of carbonyl (C=O) groups excluding carboxylic acids is 1. The number of carbonyl (C=O) groups is 1. The molecule has 96 valence electrons. The lowest BCUT2D eigenvalue weighted by Crippen LogP contribution is -2.27. The zero-order valence-electron chi connectivity index (χ0n) is 8.69. The van der Waals surface area contributed by atoms with E-state index in [1.54, 1.807) is 0 Å². The van der Waals surface area contributed by atoms with Crippen molar-refractivity contribution in [2.45, 2.75) is 44.7 Å². The molecule has 0 amide bonds. The van der Waals surface area contributed by atoms with Gasteiger partial charge >= 0.3 is 6.18 Å². The average Bonchev–Trinajstić information content (AvgIpc) is 2.10. The van der Waals surface area contributed by atoms with Gasteiger partial charge in [0.2, 0.25) is 0 Å². The van der Waals surface area contributed by atoms with Gasteiger partial charge in [0, 0.05) is 19.1 Å². The zero-order valence-corrected chi connectivity index (χ0v) is 9.51. The van der Waals surface area contributed by atoms with Crippen LogP contribution in [0.25, 0.3) is 0 Å². The van der Waals surface area contributed by atoms with E-state index < -0.39 is 24.9 Å². The molecule has 0 spiro atoms. The molecule has 0 saturated carbocycles. The molecule has 16 heavy (non-hydrogen) atoms. The molecular formula is C9H13F5OS. The summed E-state index contributed by atoms with van der Waals surface area (Å²) in [7, 11) is 0. The summed E-state index contributed by atoms with van der Waals surface area (Å²) in [6.45, 7) is 1.35. The number of alkyl halides is 5. The fraction of sp³-hybridized carbons (Fsp3) is 0.889. The highest BCUT2D eigenvalue weighted by molar-refractivity contribution is 8.13. The molecule has 2 unspecified atom stereocenters. The largest absolute Gasteiger partial charge is 0.419 e. The second kappa shape index (κ2) is 7.09. The summed E-state index contributed by atoms with van der Waals surface area (Å²) in [5, 5.41) is -0.130. The first kappa shape index (κ1) is 15.7. The van der Waals surface area contributed by atoms with Crippen LogP contribution in [0.2, 0.25) is 0 Å². The van der Waals surface area contributed by atoms with Crippen molar-refractivity contribution in [1.29, 1.82) is 0 Å². The van der Waals surface area contributed by atoms with Crippen LogP contribution < -0.4 is 0 Å². The van der Waals surface area contributed by atoms with Crippen LogP contribution in [0, 0.1) is 0 Å². The SMILES string of the molecule is CC(=O)SCCCC(F)CC(F)C(F)(F)F. The maximum Gasteiger partial charge on any atom is 0.419 e. The third-order valence-electron chi connectivity index (χ3n) is 1.78. The molecule has 0 heterocycles. The average molecular weight is 264 g/mol. The Bertz CT molecular complexity index is 218. The van der Waals surface area contributed by atoms with Gasteiger partial charge in [0.25, 0.3) is 0 Å². The summed E-state index contributed by atoms with van der Waals surface area (Å²) < 4.78 is 60.4. The minimum absolute atomic E-state index is 0.130. The Labute approximate surface area is 94.8 Å². The quantitative estimate of drug-likeness (QED) is 0.538. The number of hydrogen-bond acceptors (Lipinski definition) is 2. The van der Waals surface area contributed by atoms with Crippen LogP contribution in [-0.4, -0.2) is 29.4 Å². The van der Waals surface area contributed by atoms with Gasteiger partial charge in [-0.05, 0) is 12.8 Å². The predicted molar refractivity (Wildman–Crippen MR) is 52.8 cm³/mol. The Morgan fingerprint density at radius 2 is 1.88 bits per heavy atom. The van der Waals surface area contributed by atoms with Crippen molar-refractivity contribution in [1.82, 2.24) is 0 Å².